The Bertz CT molecular complexity index is 1540. The molecule has 3 amide bonds. The number of nitro benzene ring substituents is 1. The van der Waals surface area contributed by atoms with E-state index in [1.165, 1.54) is 6.07 Å². The molecule has 0 aliphatic carbocycles. The molecule has 3 heterocycles. The molecule has 2 bridgehead atoms. The molecule has 16 heteroatoms. The average molecular weight is 556 g/mol. The van der Waals surface area contributed by atoms with Crippen LogP contribution in [-0.4, -0.2) is 59.2 Å². The zero-order valence-electron chi connectivity index (χ0n) is 18.2. The summed E-state index contributed by atoms with van der Waals surface area (Å²) in [5.41, 5.74) is -3.05. The molecule has 0 saturated carbocycles. The first kappa shape index (κ1) is 24.9. The fourth-order valence-electron chi connectivity index (χ4n) is 5.06. The Balaban J connectivity index is 1.49. The highest BCUT2D eigenvalue weighted by atomic mass is 35.5. The number of nitriles is 1. The summed E-state index contributed by atoms with van der Waals surface area (Å²) in [6, 6.07) is 2.79. The van der Waals surface area contributed by atoms with Gasteiger partial charge in [-0.15, -0.1) is 0 Å². The molecule has 0 spiro atoms. The number of halogens is 4. The normalized spacial score (nSPS) is 23.5. The molecule has 37 heavy (non-hydrogen) atoms. The van der Waals surface area contributed by atoms with Gasteiger partial charge in [-0.25, -0.2) is 18.1 Å². The summed E-state index contributed by atoms with van der Waals surface area (Å²) in [4.78, 5) is 38.0. The van der Waals surface area contributed by atoms with Crippen molar-refractivity contribution in [3.8, 4) is 6.07 Å². The molecule has 3 saturated heterocycles. The maximum absolute atomic E-state index is 13.4. The maximum atomic E-state index is 13.4. The standard InChI is InChI=1S/C21H13ClF3N5O6S/c22-15-4-3-13(7-16(15)30(33)34)37(35,36)27-9-12-6-17(27)18-19(31)29(20(32)28(12)18)11-2-1-10(8-26)14(5-11)21(23,24)25/h1-5,7,12,17-18H,6,9H2. The second kappa shape index (κ2) is 8.13. The first-order valence-corrected chi connectivity index (χ1v) is 12.3. The van der Waals surface area contributed by atoms with Gasteiger partial charge in [0.1, 0.15) is 11.1 Å². The number of amides is 3. The van der Waals surface area contributed by atoms with Crippen molar-refractivity contribution < 1.29 is 36.1 Å². The van der Waals surface area contributed by atoms with E-state index in [-0.39, 0.29) is 18.0 Å². The first-order chi connectivity index (χ1) is 17.3. The lowest BCUT2D eigenvalue weighted by Crippen LogP contribution is -2.54. The molecule has 3 aliphatic rings. The molecule has 11 nitrogen and oxygen atoms in total. The zero-order valence-corrected chi connectivity index (χ0v) is 19.8. The van der Waals surface area contributed by atoms with Crippen molar-refractivity contribution in [1.29, 1.82) is 5.26 Å². The molecular weight excluding hydrogens is 543 g/mol. The lowest BCUT2D eigenvalue weighted by Gasteiger charge is -2.34. The van der Waals surface area contributed by atoms with E-state index in [2.05, 4.69) is 0 Å². The second-order valence-electron chi connectivity index (χ2n) is 8.55. The third-order valence-corrected chi connectivity index (χ3v) is 8.83. The maximum Gasteiger partial charge on any atom is 0.417 e. The number of carbonyl (C=O) groups excluding carboxylic acids is 2. The number of nitrogens with zero attached hydrogens (tertiary/aromatic N) is 5. The van der Waals surface area contributed by atoms with Crippen LogP contribution < -0.4 is 4.90 Å². The molecule has 5 rings (SSSR count). The second-order valence-corrected chi connectivity index (χ2v) is 10.8. The van der Waals surface area contributed by atoms with Gasteiger partial charge in [0.15, 0.2) is 0 Å². The van der Waals surface area contributed by atoms with Gasteiger partial charge < -0.3 is 4.90 Å². The van der Waals surface area contributed by atoms with Gasteiger partial charge in [0, 0.05) is 18.7 Å². The summed E-state index contributed by atoms with van der Waals surface area (Å²) in [7, 11) is -4.36. The molecule has 2 aromatic rings. The lowest BCUT2D eigenvalue weighted by molar-refractivity contribution is -0.384. The lowest BCUT2D eigenvalue weighted by atomic mass is 10.1. The van der Waals surface area contributed by atoms with Gasteiger partial charge >= 0.3 is 12.2 Å². The van der Waals surface area contributed by atoms with E-state index in [4.69, 9.17) is 16.9 Å². The average Bonchev–Trinajstić information content (AvgIpc) is 3.49. The number of anilines is 1. The van der Waals surface area contributed by atoms with Crippen LogP contribution in [0.1, 0.15) is 17.5 Å². The van der Waals surface area contributed by atoms with Crippen LogP contribution in [-0.2, 0) is 21.0 Å². The Morgan fingerprint density at radius 3 is 2.49 bits per heavy atom. The Labute approximate surface area is 211 Å². The van der Waals surface area contributed by atoms with Gasteiger partial charge in [-0.2, -0.15) is 22.7 Å². The van der Waals surface area contributed by atoms with Crippen molar-refractivity contribution in [3.05, 3.63) is 62.7 Å². The molecule has 3 fully saturated rings. The predicted molar refractivity (Wildman–Crippen MR) is 119 cm³/mol. The quantitative estimate of drug-likeness (QED) is 0.320. The number of piperazine rings is 1. The van der Waals surface area contributed by atoms with Crippen LogP contribution in [0.5, 0.6) is 0 Å². The number of sulfonamides is 1. The van der Waals surface area contributed by atoms with Crippen LogP contribution in [0.25, 0.3) is 0 Å². The molecule has 0 radical (unpaired) electrons. The van der Waals surface area contributed by atoms with Crippen LogP contribution in [0.2, 0.25) is 5.02 Å². The van der Waals surface area contributed by atoms with Crippen LogP contribution >= 0.6 is 11.6 Å². The SMILES string of the molecule is N#Cc1ccc(N2C(=O)C3C4CC(CN4S(=O)(=O)c4ccc(Cl)c([N+](=O)[O-])c4)N3C2=O)cc1C(F)(F)F. The van der Waals surface area contributed by atoms with Crippen LogP contribution in [0.3, 0.4) is 0 Å². The van der Waals surface area contributed by atoms with E-state index in [9.17, 15) is 41.3 Å². The minimum Gasteiger partial charge on any atom is -0.306 e. The molecule has 3 atom stereocenters. The monoisotopic (exact) mass is 555 g/mol. The number of imide groups is 1. The highest BCUT2D eigenvalue weighted by molar-refractivity contribution is 7.89. The van der Waals surface area contributed by atoms with Crippen LogP contribution in [0.4, 0.5) is 29.3 Å². The van der Waals surface area contributed by atoms with E-state index in [0.29, 0.717) is 11.0 Å². The predicted octanol–water partition coefficient (Wildman–Crippen LogP) is 3.12. The number of rotatable bonds is 4. The highest BCUT2D eigenvalue weighted by Crippen LogP contribution is 2.45. The van der Waals surface area contributed by atoms with Gasteiger partial charge in [0.2, 0.25) is 10.0 Å². The van der Waals surface area contributed by atoms with Crippen molar-refractivity contribution in [2.24, 2.45) is 0 Å². The fraction of sp³-hybridized carbons (Fsp3) is 0.286. The van der Waals surface area contributed by atoms with E-state index < -0.39 is 78.6 Å². The van der Waals surface area contributed by atoms with E-state index in [1.54, 1.807) is 0 Å². The zero-order chi connectivity index (χ0) is 27.0. The van der Waals surface area contributed by atoms with Gasteiger partial charge in [-0.1, -0.05) is 11.6 Å². The third kappa shape index (κ3) is 3.63. The van der Waals surface area contributed by atoms with Gasteiger partial charge in [0.25, 0.3) is 11.6 Å². The van der Waals surface area contributed by atoms with Gasteiger partial charge in [-0.05, 0) is 36.8 Å². The smallest absolute Gasteiger partial charge is 0.306 e. The van der Waals surface area contributed by atoms with Gasteiger partial charge in [-0.3, -0.25) is 14.9 Å². The Kier molecular flexibility index (Phi) is 5.48. The summed E-state index contributed by atoms with van der Waals surface area (Å²) in [5, 5.41) is 19.9. The summed E-state index contributed by atoms with van der Waals surface area (Å²) in [6.45, 7) is -0.214. The number of carbonyl (C=O) groups is 2. The first-order valence-electron chi connectivity index (χ1n) is 10.5. The fourth-order valence-corrected chi connectivity index (χ4v) is 6.94. The van der Waals surface area contributed by atoms with Crippen molar-refractivity contribution >= 4 is 44.9 Å². The van der Waals surface area contributed by atoms with E-state index >= 15 is 0 Å². The Hall–Kier alpha value is -3.74. The Morgan fingerprint density at radius 2 is 1.86 bits per heavy atom. The molecule has 192 valence electrons. The topological polar surface area (TPSA) is 145 Å². The number of hydrogen-bond acceptors (Lipinski definition) is 7. The minimum absolute atomic E-state index is 0.103. The van der Waals surface area contributed by atoms with Gasteiger partial charge in [0.05, 0.1) is 38.7 Å². The highest BCUT2D eigenvalue weighted by Gasteiger charge is 2.64. The van der Waals surface area contributed by atoms with Crippen molar-refractivity contribution in [3.63, 3.8) is 0 Å². The third-order valence-electron chi connectivity index (χ3n) is 6.63. The Morgan fingerprint density at radius 1 is 1.16 bits per heavy atom. The molecule has 0 aromatic heterocycles. The summed E-state index contributed by atoms with van der Waals surface area (Å²) >= 11 is 5.77. The summed E-state index contributed by atoms with van der Waals surface area (Å²) in [5.74, 6) is -0.919. The molecule has 3 unspecified atom stereocenters. The largest absolute Gasteiger partial charge is 0.417 e. The molecular formula is C21H13ClF3N5O6S. The number of hydrogen-bond donors (Lipinski definition) is 0. The van der Waals surface area contributed by atoms with Crippen molar-refractivity contribution in [1.82, 2.24) is 9.21 Å². The number of alkyl halides is 3. The van der Waals surface area contributed by atoms with Crippen LogP contribution in [0.15, 0.2) is 41.3 Å². The van der Waals surface area contributed by atoms with E-state index in [0.717, 1.165) is 39.5 Å². The minimum atomic E-state index is -4.92. The number of fused-ring (bicyclic) bond motifs is 5. The summed E-state index contributed by atoms with van der Waals surface area (Å²) < 4.78 is 68.0. The summed E-state index contributed by atoms with van der Waals surface area (Å²) in [6.07, 6.45) is -4.82. The number of benzene rings is 2. The van der Waals surface area contributed by atoms with Crippen molar-refractivity contribution in [2.45, 2.75) is 35.6 Å². The van der Waals surface area contributed by atoms with Crippen molar-refractivity contribution in [2.75, 3.05) is 11.4 Å². The molecule has 2 aromatic carbocycles. The number of urea groups is 1. The molecule has 0 N–H and O–H groups in total. The molecule has 3 aliphatic heterocycles. The number of nitro groups is 1. The van der Waals surface area contributed by atoms with Crippen LogP contribution in [0, 0.1) is 21.4 Å². The van der Waals surface area contributed by atoms with E-state index in [1.807, 2.05) is 0 Å².